The minimum absolute atomic E-state index is 0.115. The molecule has 0 amide bonds. The van der Waals surface area contributed by atoms with E-state index < -0.39 is 0 Å². The first-order valence-electron chi connectivity index (χ1n) is 3.94. The van der Waals surface area contributed by atoms with Crippen LogP contribution >= 0.6 is 0 Å². The van der Waals surface area contributed by atoms with Crippen molar-refractivity contribution in [2.24, 2.45) is 0 Å². The normalized spacial score (nSPS) is 15.8. The third-order valence-electron chi connectivity index (χ3n) is 2.14. The summed E-state index contributed by atoms with van der Waals surface area (Å²) in [7, 11) is 0. The van der Waals surface area contributed by atoms with E-state index in [1.807, 2.05) is 6.92 Å². The smallest absolute Gasteiger partial charge is 0.269 e. The van der Waals surface area contributed by atoms with Gasteiger partial charge in [0, 0.05) is 5.56 Å². The van der Waals surface area contributed by atoms with Crippen molar-refractivity contribution in [1.29, 1.82) is 0 Å². The highest BCUT2D eigenvalue weighted by atomic mass is 16.5. The van der Waals surface area contributed by atoms with Crippen LogP contribution in [-0.4, -0.2) is 16.8 Å². The predicted octanol–water partition coefficient (Wildman–Crippen LogP) is 0.151. The summed E-state index contributed by atoms with van der Waals surface area (Å²) < 4.78 is 5.18. The second-order valence-corrected chi connectivity index (χ2v) is 2.90. The van der Waals surface area contributed by atoms with E-state index >= 15 is 0 Å². The second-order valence-electron chi connectivity index (χ2n) is 2.90. The standard InChI is InChI=1S/C8H10N2O2/c1-5-6-2-3-12-4-7(6)8(11)10-9-5/h2-4H2,1H3,(H,10,11). The fraction of sp³-hybridized carbons (Fsp3) is 0.500. The van der Waals surface area contributed by atoms with E-state index in [0.717, 1.165) is 23.2 Å². The lowest BCUT2D eigenvalue weighted by Gasteiger charge is -2.15. The number of rotatable bonds is 0. The molecule has 0 unspecified atom stereocenters. The van der Waals surface area contributed by atoms with Gasteiger partial charge in [-0.2, -0.15) is 5.10 Å². The van der Waals surface area contributed by atoms with Crippen LogP contribution in [0.4, 0.5) is 0 Å². The molecule has 2 rings (SSSR count). The zero-order valence-electron chi connectivity index (χ0n) is 6.89. The molecule has 12 heavy (non-hydrogen) atoms. The van der Waals surface area contributed by atoms with Crippen LogP contribution < -0.4 is 5.56 Å². The SMILES string of the molecule is Cc1n[nH]c(=O)c2c1CCOC2. The molecule has 0 aliphatic carbocycles. The average Bonchev–Trinajstić information content (AvgIpc) is 2.12. The van der Waals surface area contributed by atoms with Gasteiger partial charge in [0.2, 0.25) is 0 Å². The van der Waals surface area contributed by atoms with Crippen LogP contribution in [0.3, 0.4) is 0 Å². The van der Waals surface area contributed by atoms with Crippen molar-refractivity contribution in [2.45, 2.75) is 20.0 Å². The maximum atomic E-state index is 11.2. The first-order chi connectivity index (χ1) is 5.79. The maximum absolute atomic E-state index is 11.2. The summed E-state index contributed by atoms with van der Waals surface area (Å²) in [5.74, 6) is 0. The van der Waals surface area contributed by atoms with E-state index in [-0.39, 0.29) is 5.56 Å². The lowest BCUT2D eigenvalue weighted by molar-refractivity contribution is 0.109. The predicted molar refractivity (Wildman–Crippen MR) is 43.0 cm³/mol. The molecule has 0 bridgehead atoms. The lowest BCUT2D eigenvalue weighted by atomic mass is 10.0. The minimum Gasteiger partial charge on any atom is -0.376 e. The van der Waals surface area contributed by atoms with E-state index in [0.29, 0.717) is 13.2 Å². The van der Waals surface area contributed by atoms with Gasteiger partial charge in [-0.1, -0.05) is 0 Å². The van der Waals surface area contributed by atoms with Crippen LogP contribution in [0.1, 0.15) is 16.8 Å². The number of hydrogen-bond donors (Lipinski definition) is 1. The Labute approximate surface area is 69.6 Å². The third-order valence-corrected chi connectivity index (χ3v) is 2.14. The number of nitrogens with one attached hydrogen (secondary N) is 1. The van der Waals surface area contributed by atoms with Crippen molar-refractivity contribution < 1.29 is 4.74 Å². The van der Waals surface area contributed by atoms with Gasteiger partial charge in [-0.3, -0.25) is 4.79 Å². The summed E-state index contributed by atoms with van der Waals surface area (Å²) in [4.78, 5) is 11.2. The first kappa shape index (κ1) is 7.49. The molecule has 1 aromatic rings. The van der Waals surface area contributed by atoms with E-state index in [2.05, 4.69) is 10.2 Å². The van der Waals surface area contributed by atoms with Crippen LogP contribution in [0.2, 0.25) is 0 Å². The average molecular weight is 166 g/mol. The number of aromatic amines is 1. The Morgan fingerprint density at radius 2 is 2.33 bits per heavy atom. The highest BCUT2D eigenvalue weighted by Crippen LogP contribution is 2.13. The molecule has 1 N–H and O–H groups in total. The maximum Gasteiger partial charge on any atom is 0.269 e. The van der Waals surface area contributed by atoms with Gasteiger partial charge in [-0.05, 0) is 18.9 Å². The van der Waals surface area contributed by atoms with Crippen LogP contribution in [0.25, 0.3) is 0 Å². The van der Waals surface area contributed by atoms with Crippen molar-refractivity contribution in [3.63, 3.8) is 0 Å². The van der Waals surface area contributed by atoms with E-state index in [1.54, 1.807) is 0 Å². The topological polar surface area (TPSA) is 55.0 Å². The number of ether oxygens (including phenoxy) is 1. The van der Waals surface area contributed by atoms with Crippen molar-refractivity contribution in [2.75, 3.05) is 6.61 Å². The number of aromatic nitrogens is 2. The Morgan fingerprint density at radius 3 is 3.08 bits per heavy atom. The zero-order valence-corrected chi connectivity index (χ0v) is 6.89. The molecule has 1 aliphatic rings. The van der Waals surface area contributed by atoms with E-state index in [4.69, 9.17) is 4.74 Å². The van der Waals surface area contributed by atoms with Gasteiger partial charge in [0.1, 0.15) is 0 Å². The number of nitrogens with zero attached hydrogens (tertiary/aromatic N) is 1. The summed E-state index contributed by atoms with van der Waals surface area (Å²) >= 11 is 0. The molecule has 1 aliphatic heterocycles. The monoisotopic (exact) mass is 166 g/mol. The fourth-order valence-corrected chi connectivity index (χ4v) is 1.46. The Kier molecular flexibility index (Phi) is 1.69. The number of aryl methyl sites for hydroxylation is 1. The van der Waals surface area contributed by atoms with Crippen LogP contribution in [-0.2, 0) is 17.8 Å². The van der Waals surface area contributed by atoms with Crippen LogP contribution in [0.5, 0.6) is 0 Å². The van der Waals surface area contributed by atoms with Gasteiger partial charge < -0.3 is 4.74 Å². The summed E-state index contributed by atoms with van der Waals surface area (Å²) in [6, 6.07) is 0. The highest BCUT2D eigenvalue weighted by molar-refractivity contribution is 5.27. The molecule has 0 radical (unpaired) electrons. The fourth-order valence-electron chi connectivity index (χ4n) is 1.46. The molecular formula is C8H10N2O2. The molecule has 0 fully saturated rings. The summed E-state index contributed by atoms with van der Waals surface area (Å²) in [5, 5.41) is 6.34. The van der Waals surface area contributed by atoms with Crippen molar-refractivity contribution in [3.8, 4) is 0 Å². The molecule has 4 heteroatoms. The molecule has 0 saturated heterocycles. The molecule has 1 aromatic heterocycles. The molecule has 2 heterocycles. The quantitative estimate of drug-likeness (QED) is 0.597. The minimum atomic E-state index is -0.115. The van der Waals surface area contributed by atoms with Crippen molar-refractivity contribution in [3.05, 3.63) is 27.2 Å². The first-order valence-corrected chi connectivity index (χ1v) is 3.94. The molecule has 64 valence electrons. The van der Waals surface area contributed by atoms with Gasteiger partial charge in [0.05, 0.1) is 18.9 Å². The molecular weight excluding hydrogens is 156 g/mol. The number of H-pyrrole nitrogens is 1. The van der Waals surface area contributed by atoms with Gasteiger partial charge >= 0.3 is 0 Å². The zero-order chi connectivity index (χ0) is 8.55. The Balaban J connectivity index is 2.64. The lowest BCUT2D eigenvalue weighted by Crippen LogP contribution is -2.24. The van der Waals surface area contributed by atoms with Gasteiger partial charge in [-0.25, -0.2) is 5.10 Å². The van der Waals surface area contributed by atoms with Crippen molar-refractivity contribution in [1.82, 2.24) is 10.2 Å². The molecule has 0 aromatic carbocycles. The van der Waals surface area contributed by atoms with E-state index in [1.165, 1.54) is 0 Å². The Bertz CT molecular complexity index is 357. The Morgan fingerprint density at radius 1 is 1.50 bits per heavy atom. The molecule has 0 spiro atoms. The van der Waals surface area contributed by atoms with Gasteiger partial charge in [-0.15, -0.1) is 0 Å². The summed E-state index contributed by atoms with van der Waals surface area (Å²) in [6.45, 7) is 3.02. The third kappa shape index (κ3) is 1.04. The van der Waals surface area contributed by atoms with Crippen LogP contribution in [0.15, 0.2) is 4.79 Å². The van der Waals surface area contributed by atoms with E-state index in [9.17, 15) is 4.79 Å². The van der Waals surface area contributed by atoms with Gasteiger partial charge in [0.25, 0.3) is 5.56 Å². The Hall–Kier alpha value is -1.16. The molecule has 0 saturated carbocycles. The second kappa shape index (κ2) is 2.71. The number of fused-ring (bicyclic) bond motifs is 1. The van der Waals surface area contributed by atoms with Gasteiger partial charge in [0.15, 0.2) is 0 Å². The van der Waals surface area contributed by atoms with Crippen molar-refractivity contribution >= 4 is 0 Å². The largest absolute Gasteiger partial charge is 0.376 e. The van der Waals surface area contributed by atoms with Crippen LogP contribution in [0, 0.1) is 6.92 Å². The number of hydrogen-bond acceptors (Lipinski definition) is 3. The summed E-state index contributed by atoms with van der Waals surface area (Å²) in [5.41, 5.74) is 2.60. The molecule has 0 atom stereocenters. The summed E-state index contributed by atoms with van der Waals surface area (Å²) in [6.07, 6.45) is 0.804. The molecule has 4 nitrogen and oxygen atoms in total. The highest BCUT2D eigenvalue weighted by Gasteiger charge is 2.15.